The lowest BCUT2D eigenvalue weighted by atomic mass is 9.83. The Kier molecular flexibility index (Phi) is 6.51. The van der Waals surface area contributed by atoms with E-state index in [1.165, 1.54) is 0 Å². The molecule has 0 amide bonds. The molecule has 4 rings (SSSR count). The quantitative estimate of drug-likeness (QED) is 0.533. The highest BCUT2D eigenvalue weighted by molar-refractivity contribution is 7.91. The fraction of sp³-hybridized carbons (Fsp3) is 0.296. The first-order valence-corrected chi connectivity index (χ1v) is 12.7. The molecule has 34 heavy (non-hydrogen) atoms. The molecule has 7 heteroatoms. The van der Waals surface area contributed by atoms with Gasteiger partial charge in [-0.15, -0.1) is 4.40 Å². The second-order valence-electron chi connectivity index (χ2n) is 9.08. The standard InChI is InChI=1S/C27H30N2O4S/c1-26(2)27(3,23-16-10-15-22(19-23)20-11-6-4-7-12-20)34(31,32)29-25(33-26)28-24(17-18-30)21-13-8-5-9-14-21/h4-16,19,24,30H,17-18H2,1-3H3,(H,28,29)/t24-,27?/m0/s1. The Balaban J connectivity index is 1.73. The van der Waals surface area contributed by atoms with E-state index >= 15 is 0 Å². The van der Waals surface area contributed by atoms with Gasteiger partial charge in [-0.05, 0) is 55.5 Å². The van der Waals surface area contributed by atoms with E-state index in [0.717, 1.165) is 16.7 Å². The van der Waals surface area contributed by atoms with Crippen molar-refractivity contribution in [1.29, 1.82) is 0 Å². The molecule has 3 aromatic carbocycles. The zero-order chi connectivity index (χ0) is 24.4. The summed E-state index contributed by atoms with van der Waals surface area (Å²) in [5, 5.41) is 12.6. The molecule has 2 N–H and O–H groups in total. The Morgan fingerprint density at radius 2 is 1.53 bits per heavy atom. The third-order valence-electron chi connectivity index (χ3n) is 6.66. The van der Waals surface area contributed by atoms with Gasteiger partial charge in [0.1, 0.15) is 5.60 Å². The molecule has 0 bridgehead atoms. The van der Waals surface area contributed by atoms with Crippen molar-refractivity contribution in [3.8, 4) is 11.1 Å². The zero-order valence-corrected chi connectivity index (χ0v) is 20.4. The van der Waals surface area contributed by atoms with Gasteiger partial charge in [0.15, 0.2) is 4.75 Å². The van der Waals surface area contributed by atoms with Crippen molar-refractivity contribution in [2.75, 3.05) is 6.61 Å². The summed E-state index contributed by atoms with van der Waals surface area (Å²) in [5.74, 6) is 0. The maximum atomic E-state index is 13.7. The summed E-state index contributed by atoms with van der Waals surface area (Å²) in [7, 11) is -4.04. The van der Waals surface area contributed by atoms with Crippen LogP contribution in [0.4, 0.5) is 0 Å². The van der Waals surface area contributed by atoms with Crippen LogP contribution in [0.25, 0.3) is 11.1 Å². The van der Waals surface area contributed by atoms with Crippen molar-refractivity contribution in [2.45, 2.75) is 43.6 Å². The lowest BCUT2D eigenvalue weighted by Crippen LogP contribution is -2.58. The number of hydrogen-bond acceptors (Lipinski definition) is 5. The minimum absolute atomic E-state index is 0.0657. The molecule has 6 nitrogen and oxygen atoms in total. The maximum Gasteiger partial charge on any atom is 0.301 e. The number of amidine groups is 1. The van der Waals surface area contributed by atoms with E-state index in [2.05, 4.69) is 9.71 Å². The van der Waals surface area contributed by atoms with Crippen molar-refractivity contribution in [2.24, 2.45) is 4.40 Å². The van der Waals surface area contributed by atoms with Crippen molar-refractivity contribution in [1.82, 2.24) is 5.32 Å². The highest BCUT2D eigenvalue weighted by atomic mass is 32.2. The number of hydrogen-bond donors (Lipinski definition) is 2. The van der Waals surface area contributed by atoms with Crippen molar-refractivity contribution in [3.05, 3.63) is 96.1 Å². The zero-order valence-electron chi connectivity index (χ0n) is 19.6. The lowest BCUT2D eigenvalue weighted by molar-refractivity contribution is 0.0393. The van der Waals surface area contributed by atoms with Crippen molar-refractivity contribution < 1.29 is 18.3 Å². The third kappa shape index (κ3) is 4.33. The molecular weight excluding hydrogens is 448 g/mol. The molecule has 0 saturated heterocycles. The van der Waals surface area contributed by atoms with Crippen LogP contribution < -0.4 is 5.32 Å². The summed E-state index contributed by atoms with van der Waals surface area (Å²) in [6.07, 6.45) is 0.378. The molecule has 3 aromatic rings. The van der Waals surface area contributed by atoms with E-state index in [4.69, 9.17) is 4.74 Å². The number of aliphatic hydroxyl groups excluding tert-OH is 1. The van der Waals surface area contributed by atoms with Gasteiger partial charge in [0.05, 0.1) is 6.04 Å². The van der Waals surface area contributed by atoms with Crippen LogP contribution >= 0.6 is 0 Å². The number of nitrogens with zero attached hydrogens (tertiary/aromatic N) is 1. The van der Waals surface area contributed by atoms with E-state index in [0.29, 0.717) is 12.0 Å². The molecule has 0 saturated carbocycles. The predicted octanol–water partition coefficient (Wildman–Crippen LogP) is 4.78. The van der Waals surface area contributed by atoms with Crippen LogP contribution in [0, 0.1) is 0 Å². The Labute approximate surface area is 201 Å². The molecule has 0 aromatic heterocycles. The number of rotatable bonds is 6. The van der Waals surface area contributed by atoms with Gasteiger partial charge in [-0.1, -0.05) is 78.9 Å². The average molecular weight is 479 g/mol. The fourth-order valence-electron chi connectivity index (χ4n) is 4.33. The second-order valence-corrected chi connectivity index (χ2v) is 11.0. The van der Waals surface area contributed by atoms with E-state index < -0.39 is 20.4 Å². The highest BCUT2D eigenvalue weighted by Crippen LogP contribution is 2.46. The molecule has 178 valence electrons. The smallest absolute Gasteiger partial charge is 0.301 e. The Morgan fingerprint density at radius 1 is 0.912 bits per heavy atom. The van der Waals surface area contributed by atoms with Crippen molar-refractivity contribution >= 4 is 16.0 Å². The van der Waals surface area contributed by atoms with Crippen LogP contribution in [0.1, 0.15) is 44.4 Å². The molecular formula is C27H30N2O4S. The minimum atomic E-state index is -4.04. The van der Waals surface area contributed by atoms with Gasteiger partial charge in [-0.25, -0.2) is 8.42 Å². The lowest BCUT2D eigenvalue weighted by Gasteiger charge is -2.45. The van der Waals surface area contributed by atoms with Crippen LogP contribution in [0.3, 0.4) is 0 Å². The van der Waals surface area contributed by atoms with E-state index in [9.17, 15) is 13.5 Å². The molecule has 0 spiro atoms. The van der Waals surface area contributed by atoms with Crippen LogP contribution in [0.15, 0.2) is 89.3 Å². The summed E-state index contributed by atoms with van der Waals surface area (Å²) in [4.78, 5) is 0. The molecule has 0 aliphatic carbocycles. The Morgan fingerprint density at radius 3 is 2.15 bits per heavy atom. The molecule has 0 fully saturated rings. The van der Waals surface area contributed by atoms with E-state index in [1.54, 1.807) is 20.8 Å². The average Bonchev–Trinajstić information content (AvgIpc) is 2.83. The van der Waals surface area contributed by atoms with Crippen LogP contribution in [-0.4, -0.2) is 31.8 Å². The Hall–Kier alpha value is -3.16. The van der Waals surface area contributed by atoms with Crippen LogP contribution in [0.5, 0.6) is 0 Å². The first-order chi connectivity index (χ1) is 16.2. The first kappa shape index (κ1) is 24.0. The van der Waals surface area contributed by atoms with Crippen molar-refractivity contribution in [3.63, 3.8) is 0 Å². The van der Waals surface area contributed by atoms with E-state index in [-0.39, 0.29) is 18.7 Å². The maximum absolute atomic E-state index is 13.7. The van der Waals surface area contributed by atoms with Gasteiger partial charge in [-0.3, -0.25) is 0 Å². The Bertz CT molecular complexity index is 1270. The van der Waals surface area contributed by atoms with Gasteiger partial charge < -0.3 is 15.2 Å². The molecule has 0 radical (unpaired) electrons. The van der Waals surface area contributed by atoms with Gasteiger partial charge in [-0.2, -0.15) is 0 Å². The first-order valence-electron chi connectivity index (χ1n) is 11.3. The highest BCUT2D eigenvalue weighted by Gasteiger charge is 2.58. The van der Waals surface area contributed by atoms with Crippen LogP contribution in [-0.2, 0) is 19.5 Å². The topological polar surface area (TPSA) is 88.0 Å². The summed E-state index contributed by atoms with van der Waals surface area (Å²) in [5.41, 5.74) is 2.30. The second kappa shape index (κ2) is 9.24. The number of ether oxygens (including phenoxy) is 1. The summed E-state index contributed by atoms with van der Waals surface area (Å²) in [6, 6.07) is 26.4. The number of sulfonamides is 1. The van der Waals surface area contributed by atoms with Gasteiger partial charge in [0.25, 0.3) is 10.0 Å². The molecule has 1 heterocycles. The summed E-state index contributed by atoms with van der Waals surface area (Å²) >= 11 is 0. The van der Waals surface area contributed by atoms with Crippen LogP contribution in [0.2, 0.25) is 0 Å². The third-order valence-corrected chi connectivity index (χ3v) is 8.82. The van der Waals surface area contributed by atoms with E-state index in [1.807, 2.05) is 84.9 Å². The molecule has 1 aliphatic heterocycles. The molecule has 2 atom stereocenters. The summed E-state index contributed by atoms with van der Waals surface area (Å²) < 4.78 is 36.2. The minimum Gasteiger partial charge on any atom is -0.456 e. The molecule has 1 aliphatic rings. The number of benzene rings is 3. The predicted molar refractivity (Wildman–Crippen MR) is 135 cm³/mol. The summed E-state index contributed by atoms with van der Waals surface area (Å²) in [6.45, 7) is 5.12. The SMILES string of the molecule is CC1(C)OC(N[C@@H](CCO)c2ccccc2)=NS(=O)(=O)C1(C)c1cccc(-c2ccccc2)c1. The van der Waals surface area contributed by atoms with Gasteiger partial charge >= 0.3 is 6.02 Å². The monoisotopic (exact) mass is 478 g/mol. The number of nitrogens with one attached hydrogen (secondary N) is 1. The van der Waals surface area contributed by atoms with Gasteiger partial charge in [0, 0.05) is 6.61 Å². The largest absolute Gasteiger partial charge is 0.456 e. The van der Waals surface area contributed by atoms with Gasteiger partial charge in [0.2, 0.25) is 0 Å². The fourth-order valence-corrected chi connectivity index (χ4v) is 5.91. The number of aliphatic hydroxyl groups is 1. The normalized spacial score (nSPS) is 21.7. The molecule has 1 unspecified atom stereocenters.